The molecule has 6 nitrogen and oxygen atoms in total. The first-order chi connectivity index (χ1) is 15.7. The third-order valence-corrected chi connectivity index (χ3v) is 6.76. The van der Waals surface area contributed by atoms with Crippen molar-refractivity contribution in [1.82, 2.24) is 4.90 Å². The van der Waals surface area contributed by atoms with Gasteiger partial charge in [-0.15, -0.1) is 11.3 Å². The van der Waals surface area contributed by atoms with Gasteiger partial charge in [0.1, 0.15) is 11.4 Å². The number of para-hydroxylation sites is 1. The van der Waals surface area contributed by atoms with Gasteiger partial charge in [0.2, 0.25) is 0 Å². The van der Waals surface area contributed by atoms with Gasteiger partial charge in [-0.1, -0.05) is 24.3 Å². The molecule has 1 saturated heterocycles. The summed E-state index contributed by atoms with van der Waals surface area (Å²) in [4.78, 5) is 33.6. The summed E-state index contributed by atoms with van der Waals surface area (Å²) in [7, 11) is 1.59. The SMILES string of the molecule is COc1ccc(N2C(=O)C(c3cccs3)=C(N3CCN(c4ccccc4)CC3)C2=O)cc1. The van der Waals surface area contributed by atoms with E-state index >= 15 is 0 Å². The molecule has 0 unspecified atom stereocenters. The molecule has 0 atom stereocenters. The van der Waals surface area contributed by atoms with Crippen molar-refractivity contribution < 1.29 is 14.3 Å². The molecule has 1 aromatic heterocycles. The van der Waals surface area contributed by atoms with Crippen molar-refractivity contribution in [2.45, 2.75) is 0 Å². The molecule has 2 aliphatic heterocycles. The topological polar surface area (TPSA) is 53.1 Å². The normalized spacial score (nSPS) is 16.8. The van der Waals surface area contributed by atoms with E-state index < -0.39 is 0 Å². The fraction of sp³-hybridized carbons (Fsp3) is 0.200. The zero-order chi connectivity index (χ0) is 22.1. The Morgan fingerprint density at radius 3 is 2.06 bits per heavy atom. The second kappa shape index (κ2) is 8.51. The number of anilines is 2. The van der Waals surface area contributed by atoms with Gasteiger partial charge in [-0.25, -0.2) is 4.90 Å². The van der Waals surface area contributed by atoms with Crippen LogP contribution in [0.15, 0.2) is 77.8 Å². The lowest BCUT2D eigenvalue weighted by atomic mass is 10.1. The van der Waals surface area contributed by atoms with Crippen molar-refractivity contribution in [3.05, 3.63) is 82.7 Å². The number of carbonyl (C=O) groups excluding carboxylic acids is 2. The summed E-state index contributed by atoms with van der Waals surface area (Å²) in [5, 5.41) is 1.93. The molecule has 32 heavy (non-hydrogen) atoms. The zero-order valence-corrected chi connectivity index (χ0v) is 18.5. The number of ether oxygens (including phenoxy) is 1. The number of amides is 2. The molecule has 162 valence electrons. The first-order valence-corrected chi connectivity index (χ1v) is 11.4. The third kappa shape index (κ3) is 3.54. The van der Waals surface area contributed by atoms with Gasteiger partial charge in [-0.3, -0.25) is 9.59 Å². The van der Waals surface area contributed by atoms with E-state index in [0.717, 1.165) is 18.0 Å². The molecular formula is C25H23N3O3S. The molecule has 1 fully saturated rings. The van der Waals surface area contributed by atoms with E-state index in [0.29, 0.717) is 35.8 Å². The Morgan fingerprint density at radius 1 is 0.750 bits per heavy atom. The first kappa shape index (κ1) is 20.3. The number of carbonyl (C=O) groups is 2. The van der Waals surface area contributed by atoms with E-state index in [1.807, 2.05) is 35.7 Å². The number of benzene rings is 2. The molecule has 2 aliphatic rings. The van der Waals surface area contributed by atoms with Crippen LogP contribution in [-0.4, -0.2) is 50.0 Å². The monoisotopic (exact) mass is 445 g/mol. The summed E-state index contributed by atoms with van der Waals surface area (Å²) in [6.07, 6.45) is 0. The highest BCUT2D eigenvalue weighted by Gasteiger charge is 2.43. The highest BCUT2D eigenvalue weighted by molar-refractivity contribution is 7.11. The molecule has 0 aliphatic carbocycles. The maximum absolute atomic E-state index is 13.6. The van der Waals surface area contributed by atoms with Crippen LogP contribution in [0.5, 0.6) is 5.75 Å². The van der Waals surface area contributed by atoms with Crippen LogP contribution in [0.2, 0.25) is 0 Å². The summed E-state index contributed by atoms with van der Waals surface area (Å²) in [6, 6.07) is 21.1. The Kier molecular flexibility index (Phi) is 5.41. The molecular weight excluding hydrogens is 422 g/mol. The van der Waals surface area contributed by atoms with E-state index in [1.54, 1.807) is 31.4 Å². The molecule has 2 amide bonds. The minimum Gasteiger partial charge on any atom is -0.497 e. The van der Waals surface area contributed by atoms with Crippen molar-refractivity contribution in [2.24, 2.45) is 0 Å². The molecule has 0 bridgehead atoms. The minimum atomic E-state index is -0.275. The van der Waals surface area contributed by atoms with Gasteiger partial charge in [-0.2, -0.15) is 0 Å². The summed E-state index contributed by atoms with van der Waals surface area (Å²) < 4.78 is 5.22. The lowest BCUT2D eigenvalue weighted by Crippen LogP contribution is -2.47. The Balaban J connectivity index is 1.46. The average molecular weight is 446 g/mol. The predicted octanol–water partition coefficient (Wildman–Crippen LogP) is 3.86. The second-order valence-electron chi connectivity index (χ2n) is 7.65. The van der Waals surface area contributed by atoms with E-state index in [1.165, 1.54) is 21.9 Å². The van der Waals surface area contributed by atoms with E-state index in [2.05, 4.69) is 21.9 Å². The Bertz CT molecular complexity index is 1150. The molecule has 5 rings (SSSR count). The van der Waals surface area contributed by atoms with E-state index in [9.17, 15) is 9.59 Å². The predicted molar refractivity (Wildman–Crippen MR) is 127 cm³/mol. The van der Waals surface area contributed by atoms with Crippen molar-refractivity contribution in [3.63, 3.8) is 0 Å². The number of nitrogens with zero attached hydrogens (tertiary/aromatic N) is 3. The highest BCUT2D eigenvalue weighted by Crippen LogP contribution is 2.37. The van der Waals surface area contributed by atoms with Crippen LogP contribution in [0.1, 0.15) is 4.88 Å². The van der Waals surface area contributed by atoms with Crippen molar-refractivity contribution >= 4 is 40.1 Å². The number of methoxy groups -OCH3 is 1. The summed E-state index contributed by atoms with van der Waals surface area (Å²) in [6.45, 7) is 2.92. The van der Waals surface area contributed by atoms with E-state index in [4.69, 9.17) is 4.74 Å². The fourth-order valence-corrected chi connectivity index (χ4v) is 5.01. The average Bonchev–Trinajstić information content (AvgIpc) is 3.46. The Hall–Kier alpha value is -3.58. The molecule has 0 radical (unpaired) electrons. The molecule has 0 saturated carbocycles. The van der Waals surface area contributed by atoms with Gasteiger partial charge in [0.25, 0.3) is 11.8 Å². The van der Waals surface area contributed by atoms with Gasteiger partial charge in [0, 0.05) is 36.7 Å². The first-order valence-electron chi connectivity index (χ1n) is 10.5. The quantitative estimate of drug-likeness (QED) is 0.558. The minimum absolute atomic E-state index is 0.267. The van der Waals surface area contributed by atoms with Crippen molar-refractivity contribution in [2.75, 3.05) is 43.1 Å². The van der Waals surface area contributed by atoms with Crippen LogP contribution in [0.4, 0.5) is 11.4 Å². The van der Waals surface area contributed by atoms with E-state index in [-0.39, 0.29) is 11.8 Å². The summed E-state index contributed by atoms with van der Waals surface area (Å²) in [5.74, 6) is 0.136. The number of hydrogen-bond acceptors (Lipinski definition) is 6. The largest absolute Gasteiger partial charge is 0.497 e. The van der Waals surface area contributed by atoms with Gasteiger partial charge in [0.15, 0.2) is 0 Å². The maximum Gasteiger partial charge on any atom is 0.282 e. The molecule has 0 spiro atoms. The van der Waals surface area contributed by atoms with Crippen molar-refractivity contribution in [1.29, 1.82) is 0 Å². The van der Waals surface area contributed by atoms with Gasteiger partial charge >= 0.3 is 0 Å². The van der Waals surface area contributed by atoms with Crippen LogP contribution >= 0.6 is 11.3 Å². The summed E-state index contributed by atoms with van der Waals surface area (Å²) >= 11 is 1.48. The number of imide groups is 1. The summed E-state index contributed by atoms with van der Waals surface area (Å²) in [5.41, 5.74) is 2.72. The number of piperazine rings is 1. The van der Waals surface area contributed by atoms with Crippen LogP contribution in [0, 0.1) is 0 Å². The Labute approximate surface area is 190 Å². The van der Waals surface area contributed by atoms with Crippen LogP contribution < -0.4 is 14.5 Å². The standard InChI is InChI=1S/C25H23N3O3S/c1-31-20-11-9-19(10-12-20)28-24(29)22(21-8-5-17-32-21)23(25(28)30)27-15-13-26(14-16-27)18-6-3-2-4-7-18/h2-12,17H,13-16H2,1H3. The number of hydrogen-bond donors (Lipinski definition) is 0. The molecule has 2 aromatic carbocycles. The zero-order valence-electron chi connectivity index (χ0n) is 17.7. The molecule has 0 N–H and O–H groups in total. The van der Waals surface area contributed by atoms with Crippen molar-refractivity contribution in [3.8, 4) is 5.75 Å². The second-order valence-corrected chi connectivity index (χ2v) is 8.60. The van der Waals surface area contributed by atoms with Gasteiger partial charge in [0.05, 0.1) is 18.4 Å². The van der Waals surface area contributed by atoms with Gasteiger partial charge in [-0.05, 0) is 47.8 Å². The number of thiophene rings is 1. The Morgan fingerprint density at radius 2 is 1.44 bits per heavy atom. The lowest BCUT2D eigenvalue weighted by molar-refractivity contribution is -0.120. The number of rotatable bonds is 5. The highest BCUT2D eigenvalue weighted by atomic mass is 32.1. The van der Waals surface area contributed by atoms with Gasteiger partial charge < -0.3 is 14.5 Å². The van der Waals surface area contributed by atoms with Crippen LogP contribution in [0.25, 0.3) is 5.57 Å². The molecule has 3 heterocycles. The van der Waals surface area contributed by atoms with Crippen LogP contribution in [-0.2, 0) is 9.59 Å². The van der Waals surface area contributed by atoms with Crippen LogP contribution in [0.3, 0.4) is 0 Å². The smallest absolute Gasteiger partial charge is 0.282 e. The maximum atomic E-state index is 13.6. The fourth-order valence-electron chi connectivity index (χ4n) is 4.25. The third-order valence-electron chi connectivity index (χ3n) is 5.87. The lowest BCUT2D eigenvalue weighted by Gasteiger charge is -2.37. The molecule has 3 aromatic rings. The molecule has 7 heteroatoms.